The average molecular weight is 321 g/mol. The summed E-state index contributed by atoms with van der Waals surface area (Å²) in [6, 6.07) is 1.99. The minimum Gasteiger partial charge on any atom is -0.396 e. The van der Waals surface area contributed by atoms with E-state index in [0.717, 1.165) is 12.1 Å². The van der Waals surface area contributed by atoms with Gasteiger partial charge in [0.2, 0.25) is 0 Å². The Morgan fingerprint density at radius 1 is 1.50 bits per heavy atom. The highest BCUT2D eigenvalue weighted by Gasteiger charge is 2.20. The zero-order valence-electron chi connectivity index (χ0n) is 10.7. The summed E-state index contributed by atoms with van der Waals surface area (Å²) in [5, 5.41) is 22.0. The van der Waals surface area contributed by atoms with E-state index in [4.69, 9.17) is 28.3 Å². The van der Waals surface area contributed by atoms with Crippen molar-refractivity contribution >= 4 is 34.8 Å². The molecule has 1 aromatic carbocycles. The lowest BCUT2D eigenvalue weighted by atomic mass is 10.1. The zero-order chi connectivity index (χ0) is 15.3. The van der Waals surface area contributed by atoms with Gasteiger partial charge in [0.05, 0.1) is 20.5 Å². The monoisotopic (exact) mass is 320 g/mol. The molecule has 1 aromatic rings. The van der Waals surface area contributed by atoms with Crippen LogP contribution < -0.4 is 5.32 Å². The Hall–Kier alpha value is -1.37. The molecule has 0 heterocycles. The van der Waals surface area contributed by atoms with Crippen LogP contribution in [0.5, 0.6) is 0 Å². The zero-order valence-corrected chi connectivity index (χ0v) is 12.2. The largest absolute Gasteiger partial charge is 0.396 e. The van der Waals surface area contributed by atoms with Gasteiger partial charge in [0, 0.05) is 24.8 Å². The highest BCUT2D eigenvalue weighted by Crippen LogP contribution is 2.30. The smallest absolute Gasteiger partial charge is 0.271 e. The summed E-state index contributed by atoms with van der Waals surface area (Å²) in [7, 11) is 0. The second-order valence-corrected chi connectivity index (χ2v) is 5.07. The Balaban J connectivity index is 2.94. The van der Waals surface area contributed by atoms with Gasteiger partial charge >= 0.3 is 0 Å². The maximum absolute atomic E-state index is 12.0. The number of nitrogens with one attached hydrogen (secondary N) is 1. The number of halogens is 2. The van der Waals surface area contributed by atoms with E-state index in [1.54, 1.807) is 6.92 Å². The van der Waals surface area contributed by atoms with Crippen molar-refractivity contribution in [2.45, 2.75) is 25.8 Å². The van der Waals surface area contributed by atoms with E-state index < -0.39 is 10.8 Å². The topological polar surface area (TPSA) is 92.5 Å². The van der Waals surface area contributed by atoms with Gasteiger partial charge in [-0.1, -0.05) is 23.2 Å². The number of nitro benzene ring substituents is 1. The molecular formula is C12H14Cl2N2O4. The minimum absolute atomic E-state index is 0.0240. The Morgan fingerprint density at radius 3 is 2.70 bits per heavy atom. The fraction of sp³-hybridized carbons (Fsp3) is 0.417. The lowest BCUT2D eigenvalue weighted by Gasteiger charge is -2.14. The summed E-state index contributed by atoms with van der Waals surface area (Å²) in [4.78, 5) is 22.1. The van der Waals surface area contributed by atoms with E-state index in [1.807, 2.05) is 0 Å². The summed E-state index contributed by atoms with van der Waals surface area (Å²) in [6.45, 7) is 1.80. The molecule has 0 bridgehead atoms. The van der Waals surface area contributed by atoms with Gasteiger partial charge in [-0.05, 0) is 19.8 Å². The number of hydrogen-bond acceptors (Lipinski definition) is 4. The Bertz CT molecular complexity index is 522. The number of hydrogen-bond donors (Lipinski definition) is 2. The molecule has 0 aliphatic rings. The molecule has 1 amide bonds. The molecule has 6 nitrogen and oxygen atoms in total. The predicted octanol–water partition coefficient (Wildman–Crippen LogP) is 2.79. The SMILES string of the molecule is CC(CCCO)NC(=O)c1cc([N+](=O)[O-])cc(Cl)c1Cl. The maximum atomic E-state index is 12.0. The van der Waals surface area contributed by atoms with Crippen LogP contribution in [-0.2, 0) is 0 Å². The predicted molar refractivity (Wildman–Crippen MR) is 76.4 cm³/mol. The molecule has 0 saturated carbocycles. The van der Waals surface area contributed by atoms with Gasteiger partial charge in [-0.25, -0.2) is 0 Å². The van der Waals surface area contributed by atoms with Gasteiger partial charge in [-0.3, -0.25) is 14.9 Å². The molecule has 0 spiro atoms. The molecule has 0 aromatic heterocycles. The lowest BCUT2D eigenvalue weighted by Crippen LogP contribution is -2.32. The van der Waals surface area contributed by atoms with Gasteiger partial charge in [-0.2, -0.15) is 0 Å². The van der Waals surface area contributed by atoms with Crippen LogP contribution in [0.1, 0.15) is 30.1 Å². The molecule has 8 heteroatoms. The molecule has 0 radical (unpaired) electrons. The number of nitrogens with zero attached hydrogens (tertiary/aromatic N) is 1. The first-order chi connectivity index (χ1) is 9.36. The van der Waals surface area contributed by atoms with E-state index in [0.29, 0.717) is 12.8 Å². The van der Waals surface area contributed by atoms with Crippen LogP contribution in [0.4, 0.5) is 5.69 Å². The molecule has 1 rings (SSSR count). The second kappa shape index (κ2) is 7.42. The Morgan fingerprint density at radius 2 is 2.15 bits per heavy atom. The Kier molecular flexibility index (Phi) is 6.19. The number of carbonyl (C=O) groups is 1. The number of rotatable bonds is 6. The quantitative estimate of drug-likeness (QED) is 0.622. The Labute approximate surface area is 125 Å². The van der Waals surface area contributed by atoms with E-state index in [-0.39, 0.29) is 33.9 Å². The van der Waals surface area contributed by atoms with Crippen LogP contribution in [0.25, 0.3) is 0 Å². The molecule has 1 unspecified atom stereocenters. The van der Waals surface area contributed by atoms with Crippen LogP contribution in [0.15, 0.2) is 12.1 Å². The van der Waals surface area contributed by atoms with E-state index in [2.05, 4.69) is 5.32 Å². The van der Waals surface area contributed by atoms with Crippen molar-refractivity contribution in [2.75, 3.05) is 6.61 Å². The standard InChI is InChI=1S/C12H14Cl2N2O4/c1-7(3-2-4-17)15-12(18)9-5-8(16(19)20)6-10(13)11(9)14/h5-7,17H,2-4H2,1H3,(H,15,18). The van der Waals surface area contributed by atoms with Crippen molar-refractivity contribution in [1.29, 1.82) is 0 Å². The summed E-state index contributed by atoms with van der Waals surface area (Å²) < 4.78 is 0. The third-order valence-electron chi connectivity index (χ3n) is 2.64. The number of carbonyl (C=O) groups excluding carboxylic acids is 1. The molecule has 110 valence electrons. The molecule has 2 N–H and O–H groups in total. The van der Waals surface area contributed by atoms with Crippen molar-refractivity contribution in [1.82, 2.24) is 5.32 Å². The number of aliphatic hydroxyl groups excluding tert-OH is 1. The van der Waals surface area contributed by atoms with Crippen LogP contribution in [-0.4, -0.2) is 28.6 Å². The summed E-state index contributed by atoms with van der Waals surface area (Å²) >= 11 is 11.7. The first kappa shape index (κ1) is 16.7. The van der Waals surface area contributed by atoms with Gasteiger partial charge in [0.1, 0.15) is 0 Å². The molecule has 20 heavy (non-hydrogen) atoms. The third-order valence-corrected chi connectivity index (χ3v) is 3.44. The number of benzene rings is 1. The highest BCUT2D eigenvalue weighted by molar-refractivity contribution is 6.44. The van der Waals surface area contributed by atoms with Crippen molar-refractivity contribution in [3.05, 3.63) is 37.9 Å². The summed E-state index contributed by atoms with van der Waals surface area (Å²) in [5.74, 6) is -0.536. The van der Waals surface area contributed by atoms with Gasteiger partial charge in [0.25, 0.3) is 11.6 Å². The lowest BCUT2D eigenvalue weighted by molar-refractivity contribution is -0.384. The molecule has 1 atom stereocenters. The van der Waals surface area contributed by atoms with Crippen molar-refractivity contribution in [2.24, 2.45) is 0 Å². The molecular weight excluding hydrogens is 307 g/mol. The fourth-order valence-corrected chi connectivity index (χ4v) is 2.03. The van der Waals surface area contributed by atoms with Crippen LogP contribution in [0, 0.1) is 10.1 Å². The number of non-ortho nitro benzene ring substituents is 1. The summed E-state index contributed by atoms with van der Waals surface area (Å²) in [5.41, 5.74) is -0.339. The van der Waals surface area contributed by atoms with E-state index >= 15 is 0 Å². The number of nitro groups is 1. The molecule has 0 aliphatic carbocycles. The molecule has 0 saturated heterocycles. The van der Waals surface area contributed by atoms with Gasteiger partial charge < -0.3 is 10.4 Å². The number of amides is 1. The van der Waals surface area contributed by atoms with Crippen molar-refractivity contribution < 1.29 is 14.8 Å². The molecule has 0 aliphatic heterocycles. The van der Waals surface area contributed by atoms with Crippen LogP contribution in [0.2, 0.25) is 10.0 Å². The third kappa shape index (κ3) is 4.33. The minimum atomic E-state index is -0.645. The second-order valence-electron chi connectivity index (χ2n) is 4.29. The van der Waals surface area contributed by atoms with Crippen molar-refractivity contribution in [3.63, 3.8) is 0 Å². The van der Waals surface area contributed by atoms with Gasteiger partial charge in [0.15, 0.2) is 0 Å². The molecule has 0 fully saturated rings. The van der Waals surface area contributed by atoms with E-state index in [1.165, 1.54) is 0 Å². The van der Waals surface area contributed by atoms with Gasteiger partial charge in [-0.15, -0.1) is 0 Å². The normalized spacial score (nSPS) is 12.0. The summed E-state index contributed by atoms with van der Waals surface area (Å²) in [6.07, 6.45) is 1.13. The number of aliphatic hydroxyl groups is 1. The highest BCUT2D eigenvalue weighted by atomic mass is 35.5. The first-order valence-electron chi connectivity index (χ1n) is 5.92. The van der Waals surface area contributed by atoms with E-state index in [9.17, 15) is 14.9 Å². The first-order valence-corrected chi connectivity index (χ1v) is 6.67. The van der Waals surface area contributed by atoms with Crippen LogP contribution >= 0.6 is 23.2 Å². The fourth-order valence-electron chi connectivity index (χ4n) is 1.62. The van der Waals surface area contributed by atoms with Crippen molar-refractivity contribution in [3.8, 4) is 0 Å². The van der Waals surface area contributed by atoms with Crippen LogP contribution in [0.3, 0.4) is 0 Å². The average Bonchev–Trinajstić information content (AvgIpc) is 2.38. The maximum Gasteiger partial charge on any atom is 0.271 e.